The molecule has 1 N–H and O–H groups in total. The molecule has 0 amide bonds. The van der Waals surface area contributed by atoms with E-state index in [1.807, 2.05) is 0 Å². The number of H-pyrrole nitrogens is 1. The number of halogens is 2. The molecule has 4 aromatic rings. The van der Waals surface area contributed by atoms with Crippen LogP contribution in [-0.2, 0) is 0 Å². The van der Waals surface area contributed by atoms with E-state index < -0.39 is 0 Å². The lowest BCUT2D eigenvalue weighted by atomic mass is 10.1. The van der Waals surface area contributed by atoms with Crippen LogP contribution < -0.4 is 5.56 Å². The van der Waals surface area contributed by atoms with Gasteiger partial charge in [-0.15, -0.1) is 0 Å². The number of fused-ring (bicyclic) bond motifs is 1. The fourth-order valence-electron chi connectivity index (χ4n) is 2.63. The maximum Gasteiger partial charge on any atom is 0.259 e. The van der Waals surface area contributed by atoms with Gasteiger partial charge in [-0.05, 0) is 36.4 Å². The second-order valence-electron chi connectivity index (χ2n) is 5.61. The Morgan fingerprint density at radius 2 is 1.85 bits per heavy atom. The standard InChI is InChI=1S/C20H12ClFN2O2/c21-15(19-23-17-8-4-2-6-14(17)20(25)24-19)11-12-9-10-18(26-12)13-5-1-3-7-16(13)22/h1-11H,(H,23,24,25)/b15-11-. The zero-order chi connectivity index (χ0) is 18.1. The molecule has 0 bridgehead atoms. The fourth-order valence-corrected chi connectivity index (χ4v) is 2.83. The molecule has 4 rings (SSSR count). The van der Waals surface area contributed by atoms with Gasteiger partial charge in [-0.25, -0.2) is 9.37 Å². The second kappa shape index (κ2) is 6.61. The van der Waals surface area contributed by atoms with Crippen LogP contribution in [0.15, 0.2) is 69.9 Å². The topological polar surface area (TPSA) is 58.9 Å². The molecule has 0 saturated carbocycles. The van der Waals surface area contributed by atoms with E-state index >= 15 is 0 Å². The number of para-hydroxylation sites is 1. The zero-order valence-corrected chi connectivity index (χ0v) is 14.1. The van der Waals surface area contributed by atoms with E-state index in [9.17, 15) is 9.18 Å². The summed E-state index contributed by atoms with van der Waals surface area (Å²) in [5.74, 6) is 0.672. The predicted octanol–water partition coefficient (Wildman–Crippen LogP) is 5.06. The van der Waals surface area contributed by atoms with Crippen LogP contribution in [0.5, 0.6) is 0 Å². The number of rotatable bonds is 3. The highest BCUT2D eigenvalue weighted by Crippen LogP contribution is 2.27. The monoisotopic (exact) mass is 366 g/mol. The fraction of sp³-hybridized carbons (Fsp3) is 0. The average Bonchev–Trinajstić information content (AvgIpc) is 3.10. The van der Waals surface area contributed by atoms with Crippen LogP contribution in [0.2, 0.25) is 0 Å². The van der Waals surface area contributed by atoms with Crippen molar-refractivity contribution in [2.45, 2.75) is 0 Å². The highest BCUT2D eigenvalue weighted by molar-refractivity contribution is 6.50. The summed E-state index contributed by atoms with van der Waals surface area (Å²) in [5, 5.41) is 0.697. The number of furan rings is 1. The third-order valence-electron chi connectivity index (χ3n) is 3.87. The van der Waals surface area contributed by atoms with Gasteiger partial charge in [-0.2, -0.15) is 0 Å². The number of aromatic nitrogens is 2. The van der Waals surface area contributed by atoms with Crippen molar-refractivity contribution in [1.82, 2.24) is 9.97 Å². The summed E-state index contributed by atoms with van der Waals surface area (Å²) in [6, 6.07) is 16.7. The third-order valence-corrected chi connectivity index (χ3v) is 4.16. The smallest absolute Gasteiger partial charge is 0.259 e. The van der Waals surface area contributed by atoms with Gasteiger partial charge in [0.25, 0.3) is 5.56 Å². The van der Waals surface area contributed by atoms with Crippen molar-refractivity contribution in [3.63, 3.8) is 0 Å². The van der Waals surface area contributed by atoms with Crippen LogP contribution in [0.3, 0.4) is 0 Å². The minimum absolute atomic E-state index is 0.210. The van der Waals surface area contributed by atoms with Crippen LogP contribution in [0.1, 0.15) is 11.6 Å². The minimum Gasteiger partial charge on any atom is -0.457 e. The van der Waals surface area contributed by atoms with E-state index in [-0.39, 0.29) is 22.2 Å². The Balaban J connectivity index is 1.71. The number of nitrogens with zero attached hydrogens (tertiary/aromatic N) is 1. The second-order valence-corrected chi connectivity index (χ2v) is 6.01. The molecule has 0 radical (unpaired) electrons. The highest BCUT2D eigenvalue weighted by Gasteiger charge is 2.10. The lowest BCUT2D eigenvalue weighted by Gasteiger charge is -2.01. The van der Waals surface area contributed by atoms with E-state index in [2.05, 4.69) is 9.97 Å². The van der Waals surface area contributed by atoms with Gasteiger partial charge in [0.05, 0.1) is 21.5 Å². The number of hydrogen-bond donors (Lipinski definition) is 1. The van der Waals surface area contributed by atoms with Crippen LogP contribution in [-0.4, -0.2) is 9.97 Å². The van der Waals surface area contributed by atoms with Gasteiger partial charge in [0, 0.05) is 6.08 Å². The Labute approximate surface area is 152 Å². The molecular weight excluding hydrogens is 355 g/mol. The first kappa shape index (κ1) is 16.3. The summed E-state index contributed by atoms with van der Waals surface area (Å²) in [6.07, 6.45) is 1.53. The molecule has 4 nitrogen and oxygen atoms in total. The number of nitrogens with one attached hydrogen (secondary N) is 1. The molecule has 26 heavy (non-hydrogen) atoms. The van der Waals surface area contributed by atoms with Gasteiger partial charge in [0.2, 0.25) is 0 Å². The molecule has 0 atom stereocenters. The molecule has 6 heteroatoms. The molecule has 128 valence electrons. The van der Waals surface area contributed by atoms with Crippen LogP contribution >= 0.6 is 11.6 Å². The van der Waals surface area contributed by atoms with Gasteiger partial charge < -0.3 is 9.40 Å². The Morgan fingerprint density at radius 3 is 2.69 bits per heavy atom. The zero-order valence-electron chi connectivity index (χ0n) is 13.4. The van der Waals surface area contributed by atoms with Crippen molar-refractivity contribution < 1.29 is 8.81 Å². The summed E-state index contributed by atoms with van der Waals surface area (Å²) in [6.45, 7) is 0. The first-order valence-electron chi connectivity index (χ1n) is 7.83. The number of hydrogen-bond acceptors (Lipinski definition) is 3. The predicted molar refractivity (Wildman–Crippen MR) is 100 cm³/mol. The first-order chi connectivity index (χ1) is 12.6. The van der Waals surface area contributed by atoms with E-state index in [0.29, 0.717) is 28.0 Å². The largest absolute Gasteiger partial charge is 0.457 e. The summed E-state index contributed by atoms with van der Waals surface area (Å²) < 4.78 is 19.5. The Morgan fingerprint density at radius 1 is 1.08 bits per heavy atom. The Kier molecular flexibility index (Phi) is 4.14. The van der Waals surface area contributed by atoms with Crippen molar-refractivity contribution in [1.29, 1.82) is 0 Å². The molecule has 0 fully saturated rings. The molecule has 0 saturated heterocycles. The number of aromatic amines is 1. The van der Waals surface area contributed by atoms with Gasteiger partial charge in [0.1, 0.15) is 17.3 Å². The maximum atomic E-state index is 13.9. The van der Waals surface area contributed by atoms with Gasteiger partial charge in [-0.1, -0.05) is 35.9 Å². The highest BCUT2D eigenvalue weighted by atomic mass is 35.5. The first-order valence-corrected chi connectivity index (χ1v) is 8.21. The van der Waals surface area contributed by atoms with E-state index in [1.165, 1.54) is 12.1 Å². The van der Waals surface area contributed by atoms with Crippen LogP contribution in [0, 0.1) is 5.82 Å². The van der Waals surface area contributed by atoms with Crippen molar-refractivity contribution in [3.05, 3.63) is 88.4 Å². The molecule has 0 aliphatic heterocycles. The van der Waals surface area contributed by atoms with Crippen molar-refractivity contribution in [3.8, 4) is 11.3 Å². The Bertz CT molecular complexity index is 1190. The molecule has 2 heterocycles. The van der Waals surface area contributed by atoms with E-state index in [0.717, 1.165) is 0 Å². The lowest BCUT2D eigenvalue weighted by molar-refractivity contribution is 0.561. The maximum absolute atomic E-state index is 13.9. The van der Waals surface area contributed by atoms with Gasteiger partial charge in [-0.3, -0.25) is 4.79 Å². The minimum atomic E-state index is -0.371. The summed E-state index contributed by atoms with van der Waals surface area (Å²) >= 11 is 6.29. The van der Waals surface area contributed by atoms with Crippen molar-refractivity contribution >= 4 is 33.6 Å². The molecular formula is C20H12ClFN2O2. The lowest BCUT2D eigenvalue weighted by Crippen LogP contribution is -2.10. The molecule has 2 aromatic heterocycles. The molecule has 0 unspecified atom stereocenters. The quantitative estimate of drug-likeness (QED) is 0.551. The summed E-state index contributed by atoms with van der Waals surface area (Å²) in [7, 11) is 0. The van der Waals surface area contributed by atoms with Gasteiger partial charge >= 0.3 is 0 Å². The molecule has 0 spiro atoms. The Hall–Kier alpha value is -3.18. The molecule has 2 aromatic carbocycles. The van der Waals surface area contributed by atoms with E-state index in [4.69, 9.17) is 16.0 Å². The van der Waals surface area contributed by atoms with Crippen LogP contribution in [0.25, 0.3) is 33.3 Å². The number of benzene rings is 2. The molecule has 0 aliphatic rings. The van der Waals surface area contributed by atoms with Crippen molar-refractivity contribution in [2.75, 3.05) is 0 Å². The summed E-state index contributed by atoms with van der Waals surface area (Å²) in [5.41, 5.74) is 0.633. The van der Waals surface area contributed by atoms with Gasteiger partial charge in [0.15, 0.2) is 5.82 Å². The van der Waals surface area contributed by atoms with Crippen LogP contribution in [0.4, 0.5) is 4.39 Å². The van der Waals surface area contributed by atoms with Crippen molar-refractivity contribution in [2.24, 2.45) is 0 Å². The SMILES string of the molecule is O=c1[nH]c(/C(Cl)=C/c2ccc(-c3ccccc3F)o2)nc2ccccc12. The summed E-state index contributed by atoms with van der Waals surface area (Å²) in [4.78, 5) is 19.1. The third kappa shape index (κ3) is 3.05. The molecule has 0 aliphatic carbocycles. The van der Waals surface area contributed by atoms with E-state index in [1.54, 1.807) is 54.6 Å². The normalized spacial score (nSPS) is 11.8. The average molecular weight is 367 g/mol.